The third-order valence-corrected chi connectivity index (χ3v) is 4.67. The normalized spacial score (nSPS) is 11.0. The molecule has 27 heavy (non-hydrogen) atoms. The van der Waals surface area contributed by atoms with E-state index in [9.17, 15) is 0 Å². The summed E-state index contributed by atoms with van der Waals surface area (Å²) in [4.78, 5) is 14.7. The van der Waals surface area contributed by atoms with Gasteiger partial charge in [0.15, 0.2) is 5.13 Å². The van der Waals surface area contributed by atoms with Gasteiger partial charge in [-0.3, -0.25) is 0 Å². The number of methoxy groups -OCH3 is 1. The van der Waals surface area contributed by atoms with E-state index in [0.717, 1.165) is 27.0 Å². The van der Waals surface area contributed by atoms with Crippen LogP contribution in [0.25, 0.3) is 21.8 Å². The predicted molar refractivity (Wildman–Crippen MR) is 112 cm³/mol. The number of benzene rings is 1. The summed E-state index contributed by atoms with van der Waals surface area (Å²) in [7, 11) is 1.66. The largest absolute Gasteiger partial charge is 0.398 e. The van der Waals surface area contributed by atoms with Gasteiger partial charge >= 0.3 is 0 Å². The van der Waals surface area contributed by atoms with E-state index in [2.05, 4.69) is 39.4 Å². The molecule has 0 radical (unpaired) electrons. The van der Waals surface area contributed by atoms with Crippen LogP contribution in [0.1, 0.15) is 13.8 Å². The number of aromatic nitrogens is 3. The molecule has 0 aliphatic carbocycles. The molecule has 2 aromatic heterocycles. The lowest BCUT2D eigenvalue weighted by atomic mass is 10.1. The zero-order chi connectivity index (χ0) is 19.2. The maximum atomic E-state index is 6.15. The maximum Gasteiger partial charge on any atom is 0.223 e. The highest BCUT2D eigenvalue weighted by molar-refractivity contribution is 7.18. The van der Waals surface area contributed by atoms with E-state index in [-0.39, 0.29) is 0 Å². The molecule has 3 aromatic rings. The summed E-state index contributed by atoms with van der Waals surface area (Å²) < 4.78 is 5.10. The number of thiazole rings is 1. The minimum atomic E-state index is 0.320. The van der Waals surface area contributed by atoms with Crippen molar-refractivity contribution < 1.29 is 4.74 Å². The van der Waals surface area contributed by atoms with Crippen LogP contribution in [0.2, 0.25) is 0 Å². The van der Waals surface area contributed by atoms with Crippen LogP contribution < -0.4 is 16.4 Å². The number of para-hydroxylation sites is 1. The number of nitrogens with zero attached hydrogens (tertiary/aromatic N) is 3. The summed E-state index contributed by atoms with van der Waals surface area (Å²) in [6.45, 7) is 5.35. The van der Waals surface area contributed by atoms with Crippen LogP contribution in [0.5, 0.6) is 0 Å². The molecule has 0 unspecified atom stereocenters. The highest BCUT2D eigenvalue weighted by atomic mass is 32.1. The average Bonchev–Trinajstić information content (AvgIpc) is 3.10. The van der Waals surface area contributed by atoms with Gasteiger partial charge in [0.1, 0.15) is 0 Å². The monoisotopic (exact) mass is 384 g/mol. The Kier molecular flexibility index (Phi) is 6.20. The van der Waals surface area contributed by atoms with Gasteiger partial charge in [-0.1, -0.05) is 29.5 Å². The lowest BCUT2D eigenvalue weighted by Gasteiger charge is -2.10. The van der Waals surface area contributed by atoms with Crippen molar-refractivity contribution in [3.8, 4) is 21.8 Å². The van der Waals surface area contributed by atoms with Crippen molar-refractivity contribution in [1.29, 1.82) is 0 Å². The molecule has 142 valence electrons. The van der Waals surface area contributed by atoms with Gasteiger partial charge in [0.05, 0.1) is 22.9 Å². The zero-order valence-corrected chi connectivity index (χ0v) is 16.5. The predicted octanol–water partition coefficient (Wildman–Crippen LogP) is 3.73. The van der Waals surface area contributed by atoms with Gasteiger partial charge in [0.2, 0.25) is 5.95 Å². The molecule has 4 N–H and O–H groups in total. The Morgan fingerprint density at radius 1 is 1.19 bits per heavy atom. The van der Waals surface area contributed by atoms with E-state index in [1.165, 1.54) is 0 Å². The van der Waals surface area contributed by atoms with Gasteiger partial charge in [-0.05, 0) is 26.0 Å². The van der Waals surface area contributed by atoms with E-state index >= 15 is 0 Å². The molecule has 0 saturated heterocycles. The van der Waals surface area contributed by atoms with Crippen LogP contribution in [0.3, 0.4) is 0 Å². The van der Waals surface area contributed by atoms with Crippen LogP contribution in [-0.2, 0) is 4.74 Å². The molecule has 8 heteroatoms. The van der Waals surface area contributed by atoms with E-state index in [0.29, 0.717) is 30.8 Å². The Morgan fingerprint density at radius 3 is 2.70 bits per heavy atom. The first-order valence-electron chi connectivity index (χ1n) is 8.76. The standard InChI is InChI=1S/C19H24N6OS/c1-12(2)23-19-22-11-17(27-19)16-10-15(13-6-4-5-7-14(13)20)24-18(25-16)21-8-9-26-3/h4-7,10-12H,8-9,20H2,1-3H3,(H,22,23)(H,21,24,25). The van der Waals surface area contributed by atoms with Crippen LogP contribution >= 0.6 is 11.3 Å². The number of anilines is 3. The van der Waals surface area contributed by atoms with Crippen LogP contribution in [0, 0.1) is 0 Å². The number of hydrogen-bond donors (Lipinski definition) is 3. The minimum absolute atomic E-state index is 0.320. The Hall–Kier alpha value is -2.71. The highest BCUT2D eigenvalue weighted by Crippen LogP contribution is 2.32. The Labute approximate surface area is 163 Å². The molecule has 0 aliphatic heterocycles. The Balaban J connectivity index is 1.99. The molecule has 0 saturated carbocycles. The van der Waals surface area contributed by atoms with E-state index in [4.69, 9.17) is 10.5 Å². The van der Waals surface area contributed by atoms with Crippen molar-refractivity contribution in [2.45, 2.75) is 19.9 Å². The van der Waals surface area contributed by atoms with Gasteiger partial charge in [-0.25, -0.2) is 15.0 Å². The first-order valence-corrected chi connectivity index (χ1v) is 9.58. The number of nitrogens with one attached hydrogen (secondary N) is 2. The molecule has 7 nitrogen and oxygen atoms in total. The fourth-order valence-corrected chi connectivity index (χ4v) is 3.41. The Bertz CT molecular complexity index is 895. The molecule has 0 fully saturated rings. The van der Waals surface area contributed by atoms with Crippen LogP contribution in [-0.4, -0.2) is 41.3 Å². The molecule has 1 aromatic carbocycles. The molecule has 0 atom stereocenters. The summed E-state index contributed by atoms with van der Waals surface area (Å²) in [5, 5.41) is 7.39. The molecular weight excluding hydrogens is 360 g/mol. The molecule has 0 bridgehead atoms. The quantitative estimate of drug-likeness (QED) is 0.402. The smallest absolute Gasteiger partial charge is 0.223 e. The summed E-state index contributed by atoms with van der Waals surface area (Å²) >= 11 is 1.56. The van der Waals surface area contributed by atoms with Gasteiger partial charge in [0, 0.05) is 37.1 Å². The molecule has 0 amide bonds. The summed E-state index contributed by atoms with van der Waals surface area (Å²) in [6.07, 6.45) is 1.83. The third kappa shape index (κ3) is 4.93. The lowest BCUT2D eigenvalue weighted by molar-refractivity contribution is 0.210. The maximum absolute atomic E-state index is 6.15. The number of rotatable bonds is 8. The summed E-state index contributed by atoms with van der Waals surface area (Å²) in [6, 6.07) is 9.94. The molecular formula is C19H24N6OS. The van der Waals surface area contributed by atoms with E-state index in [1.807, 2.05) is 36.5 Å². The van der Waals surface area contributed by atoms with E-state index < -0.39 is 0 Å². The summed E-state index contributed by atoms with van der Waals surface area (Å²) in [5.41, 5.74) is 9.28. The first-order chi connectivity index (χ1) is 13.1. The van der Waals surface area contributed by atoms with Gasteiger partial charge in [-0.2, -0.15) is 0 Å². The van der Waals surface area contributed by atoms with E-state index in [1.54, 1.807) is 18.4 Å². The van der Waals surface area contributed by atoms with Crippen molar-refractivity contribution in [2.75, 3.05) is 36.6 Å². The molecule has 3 rings (SSSR count). The van der Waals surface area contributed by atoms with Crippen molar-refractivity contribution in [1.82, 2.24) is 15.0 Å². The second-order valence-electron chi connectivity index (χ2n) is 6.30. The highest BCUT2D eigenvalue weighted by Gasteiger charge is 2.13. The average molecular weight is 385 g/mol. The van der Waals surface area contributed by atoms with Crippen LogP contribution in [0.15, 0.2) is 36.5 Å². The van der Waals surface area contributed by atoms with Crippen molar-refractivity contribution in [3.05, 3.63) is 36.5 Å². The van der Waals surface area contributed by atoms with Gasteiger partial charge < -0.3 is 21.1 Å². The molecule has 2 heterocycles. The summed E-state index contributed by atoms with van der Waals surface area (Å²) in [5.74, 6) is 0.537. The SMILES string of the molecule is COCCNc1nc(-c2cnc(NC(C)C)s2)cc(-c2ccccc2N)n1. The third-order valence-electron chi connectivity index (χ3n) is 3.72. The number of hydrogen-bond acceptors (Lipinski definition) is 8. The van der Waals surface area contributed by atoms with Gasteiger partial charge in [0.25, 0.3) is 0 Å². The Morgan fingerprint density at radius 2 is 1.96 bits per heavy atom. The second kappa shape index (κ2) is 8.79. The number of nitrogen functional groups attached to an aromatic ring is 1. The van der Waals surface area contributed by atoms with Crippen molar-refractivity contribution in [2.24, 2.45) is 0 Å². The number of nitrogens with two attached hydrogens (primary N) is 1. The van der Waals surface area contributed by atoms with Crippen LogP contribution in [0.4, 0.5) is 16.8 Å². The van der Waals surface area contributed by atoms with Gasteiger partial charge in [-0.15, -0.1) is 0 Å². The molecule has 0 spiro atoms. The van der Waals surface area contributed by atoms with Crippen molar-refractivity contribution >= 4 is 28.1 Å². The number of ether oxygens (including phenoxy) is 1. The molecule has 0 aliphatic rings. The fourth-order valence-electron chi connectivity index (χ4n) is 2.49. The first kappa shape index (κ1) is 19.1. The topological polar surface area (TPSA) is 98.0 Å². The fraction of sp³-hybridized carbons (Fsp3) is 0.316. The second-order valence-corrected chi connectivity index (χ2v) is 7.33. The lowest BCUT2D eigenvalue weighted by Crippen LogP contribution is -2.11. The minimum Gasteiger partial charge on any atom is -0.398 e. The van der Waals surface area contributed by atoms with Crippen molar-refractivity contribution in [3.63, 3.8) is 0 Å². The zero-order valence-electron chi connectivity index (χ0n) is 15.7.